The van der Waals surface area contributed by atoms with Crippen LogP contribution in [0.15, 0.2) is 24.3 Å². The summed E-state index contributed by atoms with van der Waals surface area (Å²) in [5, 5.41) is 11.9. The molecule has 0 atom stereocenters. The lowest BCUT2D eigenvalue weighted by Crippen LogP contribution is -2.46. The van der Waals surface area contributed by atoms with Crippen LogP contribution in [0.4, 0.5) is 11.5 Å². The molecule has 1 aromatic carbocycles. The number of hydrogen-bond acceptors (Lipinski definition) is 9. The molecule has 1 aliphatic heterocycles. The monoisotopic (exact) mass is 441 g/mol. The largest absolute Gasteiger partial charge is 0.465 e. The molecule has 0 unspecified atom stereocenters. The van der Waals surface area contributed by atoms with Crippen LogP contribution in [-0.4, -0.2) is 59.0 Å². The molecular weight excluding hydrogens is 418 g/mol. The Morgan fingerprint density at radius 2 is 1.97 bits per heavy atom. The van der Waals surface area contributed by atoms with Crippen LogP contribution < -0.4 is 4.90 Å². The summed E-state index contributed by atoms with van der Waals surface area (Å²) >= 11 is 1.34. The minimum Gasteiger partial charge on any atom is -0.465 e. The molecule has 31 heavy (non-hydrogen) atoms. The van der Waals surface area contributed by atoms with Crippen LogP contribution >= 0.6 is 11.3 Å². The molecule has 4 rings (SSSR count). The van der Waals surface area contributed by atoms with E-state index in [0.29, 0.717) is 17.2 Å². The van der Waals surface area contributed by atoms with Crippen LogP contribution in [0.2, 0.25) is 0 Å². The highest BCUT2D eigenvalue weighted by Gasteiger charge is 2.25. The van der Waals surface area contributed by atoms with Crippen molar-refractivity contribution in [3.05, 3.63) is 56.2 Å². The third kappa shape index (κ3) is 4.21. The van der Waals surface area contributed by atoms with Crippen LogP contribution in [0.3, 0.4) is 0 Å². The van der Waals surface area contributed by atoms with E-state index in [1.165, 1.54) is 24.5 Å². The summed E-state index contributed by atoms with van der Waals surface area (Å²) in [6, 6.07) is 6.78. The second kappa shape index (κ2) is 8.56. The molecule has 1 fully saturated rings. The summed E-state index contributed by atoms with van der Waals surface area (Å²) in [6.45, 7) is 7.57. The highest BCUT2D eigenvalue weighted by molar-refractivity contribution is 7.20. The molecular formula is C21H23N5O4S. The molecule has 3 aromatic rings. The third-order valence-corrected chi connectivity index (χ3v) is 6.62. The first kappa shape index (κ1) is 21.1. The third-order valence-electron chi connectivity index (χ3n) is 5.45. The van der Waals surface area contributed by atoms with Gasteiger partial charge in [-0.15, -0.1) is 11.3 Å². The van der Waals surface area contributed by atoms with Crippen LogP contribution in [0.1, 0.15) is 26.6 Å². The van der Waals surface area contributed by atoms with Gasteiger partial charge in [0.25, 0.3) is 5.69 Å². The van der Waals surface area contributed by atoms with Crippen LogP contribution in [0.5, 0.6) is 0 Å². The minimum atomic E-state index is -0.365. The van der Waals surface area contributed by atoms with Crippen molar-refractivity contribution in [2.75, 3.05) is 38.2 Å². The number of thiophene rings is 1. The standard InChI is InChI=1S/C21H23N5O4S/c1-13-17-19(22-14(2)23-20(17)31-18(13)21(27)30-3)25-9-7-24(8-10-25)12-15-5-4-6-16(11-15)26(28)29/h4-6,11H,7-10,12H2,1-3H3. The lowest BCUT2D eigenvalue weighted by molar-refractivity contribution is -0.384. The Bertz CT molecular complexity index is 1150. The van der Waals surface area contributed by atoms with Crippen molar-refractivity contribution in [1.29, 1.82) is 0 Å². The first-order valence-electron chi connectivity index (χ1n) is 9.94. The van der Waals surface area contributed by atoms with Crippen molar-refractivity contribution in [2.24, 2.45) is 0 Å². The van der Waals surface area contributed by atoms with Crippen molar-refractivity contribution < 1.29 is 14.5 Å². The number of anilines is 1. The summed E-state index contributed by atoms with van der Waals surface area (Å²) < 4.78 is 4.92. The van der Waals surface area contributed by atoms with Crippen LogP contribution in [0.25, 0.3) is 10.2 Å². The number of carbonyl (C=O) groups is 1. The van der Waals surface area contributed by atoms with E-state index >= 15 is 0 Å². The second-order valence-corrected chi connectivity index (χ2v) is 8.51. The zero-order chi connectivity index (χ0) is 22.1. The lowest BCUT2D eigenvalue weighted by Gasteiger charge is -2.35. The van der Waals surface area contributed by atoms with Gasteiger partial charge in [0.15, 0.2) is 0 Å². The maximum atomic E-state index is 12.1. The molecule has 10 heteroatoms. The number of nitro groups is 1. The Kier molecular flexibility index (Phi) is 5.84. The molecule has 0 aliphatic carbocycles. The average molecular weight is 442 g/mol. The van der Waals surface area contributed by atoms with Gasteiger partial charge >= 0.3 is 5.97 Å². The van der Waals surface area contributed by atoms with Gasteiger partial charge in [-0.1, -0.05) is 12.1 Å². The Hall–Kier alpha value is -3.11. The van der Waals surface area contributed by atoms with Gasteiger partial charge in [0.2, 0.25) is 0 Å². The summed E-state index contributed by atoms with van der Waals surface area (Å²) in [5.74, 6) is 1.16. The van der Waals surface area contributed by atoms with Crippen LogP contribution in [0, 0.1) is 24.0 Å². The number of aryl methyl sites for hydroxylation is 2. The fraction of sp³-hybridized carbons (Fsp3) is 0.381. The molecule has 0 N–H and O–H groups in total. The maximum Gasteiger partial charge on any atom is 0.348 e. The number of benzene rings is 1. The molecule has 0 amide bonds. The van der Waals surface area contributed by atoms with Crippen molar-refractivity contribution >= 4 is 39.0 Å². The van der Waals surface area contributed by atoms with E-state index in [1.807, 2.05) is 19.9 Å². The Balaban J connectivity index is 1.53. The molecule has 0 bridgehead atoms. The number of nitrogens with zero attached hydrogens (tertiary/aromatic N) is 5. The number of esters is 1. The normalized spacial score (nSPS) is 14.7. The van der Waals surface area contributed by atoms with E-state index in [2.05, 4.69) is 14.8 Å². The van der Waals surface area contributed by atoms with Crippen molar-refractivity contribution in [3.63, 3.8) is 0 Å². The predicted octanol–water partition coefficient (Wildman–Crippen LogP) is 3.33. The van der Waals surface area contributed by atoms with Gasteiger partial charge in [0.1, 0.15) is 21.3 Å². The van der Waals surface area contributed by atoms with Gasteiger partial charge < -0.3 is 9.64 Å². The van der Waals surface area contributed by atoms with E-state index in [-0.39, 0.29) is 16.6 Å². The van der Waals surface area contributed by atoms with E-state index in [4.69, 9.17) is 9.72 Å². The number of ether oxygens (including phenoxy) is 1. The van der Waals surface area contributed by atoms with Crippen molar-refractivity contribution in [2.45, 2.75) is 20.4 Å². The maximum absolute atomic E-state index is 12.1. The quantitative estimate of drug-likeness (QED) is 0.338. The van der Waals surface area contributed by atoms with Gasteiger partial charge in [-0.25, -0.2) is 14.8 Å². The minimum absolute atomic E-state index is 0.115. The number of carbonyl (C=O) groups excluding carboxylic acids is 1. The summed E-state index contributed by atoms with van der Waals surface area (Å²) in [7, 11) is 1.38. The zero-order valence-corrected chi connectivity index (χ0v) is 18.4. The number of fused-ring (bicyclic) bond motifs is 1. The van der Waals surface area contributed by atoms with E-state index in [1.54, 1.807) is 12.1 Å². The number of rotatable bonds is 5. The molecule has 9 nitrogen and oxygen atoms in total. The smallest absolute Gasteiger partial charge is 0.348 e. The number of aromatic nitrogens is 2. The topological polar surface area (TPSA) is 102 Å². The van der Waals surface area contributed by atoms with Gasteiger partial charge in [-0.3, -0.25) is 15.0 Å². The number of non-ortho nitro benzene ring substituents is 1. The lowest BCUT2D eigenvalue weighted by atomic mass is 10.1. The number of methoxy groups -OCH3 is 1. The Labute approximate surface area is 183 Å². The van der Waals surface area contributed by atoms with Crippen LogP contribution in [-0.2, 0) is 11.3 Å². The summed E-state index contributed by atoms with van der Waals surface area (Å²) in [6.07, 6.45) is 0. The van der Waals surface area contributed by atoms with Crippen molar-refractivity contribution in [3.8, 4) is 0 Å². The Morgan fingerprint density at radius 3 is 2.65 bits per heavy atom. The summed E-state index contributed by atoms with van der Waals surface area (Å²) in [4.78, 5) is 37.9. The average Bonchev–Trinajstić information content (AvgIpc) is 3.09. The summed E-state index contributed by atoms with van der Waals surface area (Å²) in [5.41, 5.74) is 1.89. The molecule has 1 saturated heterocycles. The van der Waals surface area contributed by atoms with Crippen molar-refractivity contribution in [1.82, 2.24) is 14.9 Å². The number of nitro benzene ring substituents is 1. The fourth-order valence-electron chi connectivity index (χ4n) is 3.88. The number of piperazine rings is 1. The highest BCUT2D eigenvalue weighted by atomic mass is 32.1. The predicted molar refractivity (Wildman–Crippen MR) is 119 cm³/mol. The van der Waals surface area contributed by atoms with Gasteiger partial charge in [0.05, 0.1) is 17.4 Å². The van der Waals surface area contributed by atoms with Gasteiger partial charge in [0, 0.05) is 44.9 Å². The Morgan fingerprint density at radius 1 is 1.23 bits per heavy atom. The number of hydrogen-bond donors (Lipinski definition) is 0. The second-order valence-electron chi connectivity index (χ2n) is 7.51. The fourth-order valence-corrected chi connectivity index (χ4v) is 5.02. The molecule has 1 aliphatic rings. The first-order chi connectivity index (χ1) is 14.9. The molecule has 0 radical (unpaired) electrons. The molecule has 0 saturated carbocycles. The van der Waals surface area contributed by atoms with E-state index in [9.17, 15) is 14.9 Å². The first-order valence-corrected chi connectivity index (χ1v) is 10.8. The molecule has 2 aromatic heterocycles. The highest BCUT2D eigenvalue weighted by Crippen LogP contribution is 2.36. The zero-order valence-electron chi connectivity index (χ0n) is 17.6. The van der Waals surface area contributed by atoms with E-state index in [0.717, 1.165) is 53.3 Å². The van der Waals surface area contributed by atoms with Gasteiger partial charge in [-0.05, 0) is 25.0 Å². The molecule has 0 spiro atoms. The van der Waals surface area contributed by atoms with E-state index < -0.39 is 0 Å². The SMILES string of the molecule is COC(=O)c1sc2nc(C)nc(N3CCN(Cc4cccc([N+](=O)[O-])c4)CC3)c2c1C. The molecule has 162 valence electrons. The molecule has 3 heterocycles. The van der Waals surface area contributed by atoms with Gasteiger partial charge in [-0.2, -0.15) is 0 Å².